The minimum Gasteiger partial charge on any atom is -0.394 e. The van der Waals surface area contributed by atoms with Crippen molar-refractivity contribution in [3.8, 4) is 0 Å². The van der Waals surface area contributed by atoms with E-state index in [2.05, 4.69) is 31.1 Å². The lowest BCUT2D eigenvalue weighted by Crippen LogP contribution is -2.31. The van der Waals surface area contributed by atoms with Gasteiger partial charge in [-0.25, -0.2) is 0 Å². The number of pyridine rings is 1. The van der Waals surface area contributed by atoms with Crippen molar-refractivity contribution in [1.82, 2.24) is 15.2 Å². The Morgan fingerprint density at radius 3 is 2.45 bits per heavy atom. The molecular weight excluding hydrogens is 499 g/mol. The number of carbonyl (C=O) groups excluding carboxylic acids is 1. The molecule has 2 N–H and O–H groups in total. The summed E-state index contributed by atoms with van der Waals surface area (Å²) in [6.07, 6.45) is -2.85. The summed E-state index contributed by atoms with van der Waals surface area (Å²) in [5, 5.41) is 12.6. The van der Waals surface area contributed by atoms with Gasteiger partial charge < -0.3 is 10.4 Å². The van der Waals surface area contributed by atoms with E-state index >= 15 is 0 Å². The Morgan fingerprint density at radius 2 is 1.82 bits per heavy atom. The maximum Gasteiger partial charge on any atom is 0.416 e. The van der Waals surface area contributed by atoms with Crippen molar-refractivity contribution in [3.63, 3.8) is 0 Å². The molecule has 2 heterocycles. The second-order valence-corrected chi connectivity index (χ2v) is 8.85. The number of alkyl halides is 3. The van der Waals surface area contributed by atoms with Gasteiger partial charge in [-0.05, 0) is 47.0 Å². The van der Waals surface area contributed by atoms with Crippen molar-refractivity contribution in [1.29, 1.82) is 0 Å². The summed E-state index contributed by atoms with van der Waals surface area (Å²) in [5.41, 5.74) is 3.02. The van der Waals surface area contributed by atoms with Crippen molar-refractivity contribution in [3.05, 3.63) is 98.8 Å². The molecule has 0 bridgehead atoms. The van der Waals surface area contributed by atoms with Crippen LogP contribution in [0.1, 0.15) is 44.3 Å². The van der Waals surface area contributed by atoms with E-state index in [0.29, 0.717) is 25.2 Å². The number of nitrogens with one attached hydrogen (secondary N) is 1. The molecule has 1 atom stereocenters. The van der Waals surface area contributed by atoms with Gasteiger partial charge in [0.1, 0.15) is 0 Å². The first kappa shape index (κ1) is 23.4. The zero-order valence-electron chi connectivity index (χ0n) is 17.4. The van der Waals surface area contributed by atoms with Gasteiger partial charge >= 0.3 is 6.18 Å². The lowest BCUT2D eigenvalue weighted by molar-refractivity contribution is -0.137. The number of fused-ring (bicyclic) bond motifs is 1. The number of rotatable bonds is 6. The highest BCUT2D eigenvalue weighted by Crippen LogP contribution is 2.30. The van der Waals surface area contributed by atoms with Crippen LogP contribution in [0.5, 0.6) is 0 Å². The molecule has 0 fully saturated rings. The molecule has 9 heteroatoms. The first-order valence-corrected chi connectivity index (χ1v) is 11.1. The third-order valence-electron chi connectivity index (χ3n) is 5.54. The van der Waals surface area contributed by atoms with Crippen LogP contribution in [0.4, 0.5) is 13.2 Å². The van der Waals surface area contributed by atoms with Gasteiger partial charge in [0, 0.05) is 30.3 Å². The minimum absolute atomic E-state index is 0.243. The van der Waals surface area contributed by atoms with Gasteiger partial charge in [0.05, 0.1) is 29.5 Å². The van der Waals surface area contributed by atoms with Crippen molar-refractivity contribution >= 4 is 21.8 Å². The molecule has 1 aliphatic rings. The molecule has 1 amide bonds. The SMILES string of the molecule is O=C(NC(CO)c1ccc(Br)cc1)c1cnc2c(c1)CN(Cc1ccc(C(F)(F)F)cc1)C2. The number of aliphatic hydroxyl groups is 1. The van der Waals surface area contributed by atoms with Crippen LogP contribution in [-0.2, 0) is 25.8 Å². The first-order valence-electron chi connectivity index (χ1n) is 10.3. The third-order valence-corrected chi connectivity index (χ3v) is 6.07. The summed E-state index contributed by atoms with van der Waals surface area (Å²) in [7, 11) is 0. The number of carbonyl (C=O) groups is 1. The molecular formula is C24H21BrF3N3O2. The molecule has 1 aromatic heterocycles. The molecule has 33 heavy (non-hydrogen) atoms. The summed E-state index contributed by atoms with van der Waals surface area (Å²) in [4.78, 5) is 19.2. The third kappa shape index (κ3) is 5.61. The van der Waals surface area contributed by atoms with Crippen LogP contribution in [0.15, 0.2) is 65.3 Å². The lowest BCUT2D eigenvalue weighted by atomic mass is 10.1. The number of benzene rings is 2. The fourth-order valence-electron chi connectivity index (χ4n) is 3.79. The first-order chi connectivity index (χ1) is 15.7. The Kier molecular flexibility index (Phi) is 6.83. The van der Waals surface area contributed by atoms with Gasteiger partial charge in [0.15, 0.2) is 0 Å². The van der Waals surface area contributed by atoms with Crippen LogP contribution in [0.2, 0.25) is 0 Å². The number of halogens is 4. The Balaban J connectivity index is 1.40. The molecule has 172 valence electrons. The van der Waals surface area contributed by atoms with Crippen molar-refractivity contribution in [2.75, 3.05) is 6.61 Å². The average Bonchev–Trinajstić information content (AvgIpc) is 3.19. The summed E-state index contributed by atoms with van der Waals surface area (Å²) >= 11 is 3.36. The highest BCUT2D eigenvalue weighted by atomic mass is 79.9. The van der Waals surface area contributed by atoms with E-state index in [1.54, 1.807) is 6.07 Å². The van der Waals surface area contributed by atoms with Crippen LogP contribution >= 0.6 is 15.9 Å². The number of hydrogen-bond acceptors (Lipinski definition) is 4. The Hall–Kier alpha value is -2.75. The summed E-state index contributed by atoms with van der Waals surface area (Å²) in [6, 6.07) is 13.7. The van der Waals surface area contributed by atoms with Gasteiger partial charge in [-0.1, -0.05) is 40.2 Å². The zero-order chi connectivity index (χ0) is 23.6. The fourth-order valence-corrected chi connectivity index (χ4v) is 4.06. The van der Waals surface area contributed by atoms with Crippen LogP contribution in [0.3, 0.4) is 0 Å². The Labute approximate surface area is 197 Å². The quantitative estimate of drug-likeness (QED) is 0.489. The van der Waals surface area contributed by atoms with Crippen LogP contribution in [0, 0.1) is 0 Å². The lowest BCUT2D eigenvalue weighted by Gasteiger charge is -2.17. The van der Waals surface area contributed by atoms with Crippen molar-refractivity contribution in [2.45, 2.75) is 31.9 Å². The van der Waals surface area contributed by atoms with E-state index < -0.39 is 17.8 Å². The molecule has 0 saturated heterocycles. The summed E-state index contributed by atoms with van der Waals surface area (Å²) in [5.74, 6) is -0.339. The maximum atomic E-state index is 12.8. The molecule has 0 radical (unpaired) electrons. The number of aliphatic hydroxyl groups excluding tert-OH is 1. The van der Waals surface area contributed by atoms with E-state index in [1.165, 1.54) is 18.3 Å². The zero-order valence-corrected chi connectivity index (χ0v) is 19.0. The van der Waals surface area contributed by atoms with Crippen molar-refractivity contribution in [2.24, 2.45) is 0 Å². The molecule has 1 unspecified atom stereocenters. The van der Waals surface area contributed by atoms with Crippen LogP contribution in [-0.4, -0.2) is 27.5 Å². The topological polar surface area (TPSA) is 65.5 Å². The number of aromatic nitrogens is 1. The highest BCUT2D eigenvalue weighted by molar-refractivity contribution is 9.10. The molecule has 0 spiro atoms. The molecule has 0 aliphatic carbocycles. The van der Waals surface area contributed by atoms with E-state index in [-0.39, 0.29) is 12.5 Å². The van der Waals surface area contributed by atoms with E-state index in [4.69, 9.17) is 0 Å². The molecule has 1 aliphatic heterocycles. The number of amides is 1. The van der Waals surface area contributed by atoms with Gasteiger partial charge in [-0.15, -0.1) is 0 Å². The Morgan fingerprint density at radius 1 is 1.12 bits per heavy atom. The van der Waals surface area contributed by atoms with Crippen LogP contribution in [0.25, 0.3) is 0 Å². The summed E-state index contributed by atoms with van der Waals surface area (Å²) < 4.78 is 39.2. The largest absolute Gasteiger partial charge is 0.416 e. The van der Waals surface area contributed by atoms with E-state index in [9.17, 15) is 23.1 Å². The van der Waals surface area contributed by atoms with Crippen LogP contribution < -0.4 is 5.32 Å². The van der Waals surface area contributed by atoms with Gasteiger partial charge in [-0.3, -0.25) is 14.7 Å². The van der Waals surface area contributed by atoms with E-state index in [0.717, 1.165) is 39.0 Å². The highest BCUT2D eigenvalue weighted by Gasteiger charge is 2.30. The molecule has 0 saturated carbocycles. The predicted octanol–water partition coefficient (Wildman–Crippen LogP) is 4.84. The minimum atomic E-state index is -4.35. The maximum absolute atomic E-state index is 12.8. The molecule has 4 rings (SSSR count). The Bertz CT molecular complexity index is 1140. The fraction of sp³-hybridized carbons (Fsp3) is 0.250. The van der Waals surface area contributed by atoms with E-state index in [1.807, 2.05) is 24.3 Å². The average molecular weight is 520 g/mol. The number of nitrogens with zero attached hydrogens (tertiary/aromatic N) is 2. The van der Waals surface area contributed by atoms with Gasteiger partial charge in [-0.2, -0.15) is 13.2 Å². The second-order valence-electron chi connectivity index (χ2n) is 7.93. The van der Waals surface area contributed by atoms with Gasteiger partial charge in [0.2, 0.25) is 0 Å². The molecule has 5 nitrogen and oxygen atoms in total. The molecule has 3 aromatic rings. The standard InChI is InChI=1S/C24H21BrF3N3O2/c25-20-7-3-16(4-8-20)22(14-32)30-23(33)17-9-18-12-31(13-21(18)29-10-17)11-15-1-5-19(6-2-15)24(26,27)28/h1-10,22,32H,11-14H2,(H,30,33). The summed E-state index contributed by atoms with van der Waals surface area (Å²) in [6.45, 7) is 1.33. The number of hydrogen-bond donors (Lipinski definition) is 2. The van der Waals surface area contributed by atoms with Gasteiger partial charge in [0.25, 0.3) is 5.91 Å². The molecule has 2 aromatic carbocycles. The predicted molar refractivity (Wildman–Crippen MR) is 120 cm³/mol. The second kappa shape index (κ2) is 9.62. The monoisotopic (exact) mass is 519 g/mol. The van der Waals surface area contributed by atoms with Crippen molar-refractivity contribution < 1.29 is 23.1 Å². The smallest absolute Gasteiger partial charge is 0.394 e. The normalized spacial score (nSPS) is 14.7.